The number of aromatic nitrogens is 1. The van der Waals surface area contributed by atoms with Crippen LogP contribution in [0.25, 0.3) is 77.9 Å². The minimum absolute atomic E-state index is 0.589. The molecular weight excluding hydrogens is 649 g/mol. The highest BCUT2D eigenvalue weighted by Gasteiger charge is 2.22. The number of furan rings is 1. The Morgan fingerprint density at radius 1 is 0.396 bits per heavy atom. The van der Waals surface area contributed by atoms with E-state index in [2.05, 4.69) is 150 Å². The summed E-state index contributed by atoms with van der Waals surface area (Å²) in [5, 5.41) is 1.94. The molecule has 0 fully saturated rings. The third-order valence-corrected chi connectivity index (χ3v) is 9.92. The Hall–Kier alpha value is -7.17. The summed E-state index contributed by atoms with van der Waals surface area (Å²) >= 11 is 0. The summed E-state index contributed by atoms with van der Waals surface area (Å²) in [6, 6.07) is 67.5. The monoisotopic (exact) mass is 680 g/mol. The van der Waals surface area contributed by atoms with E-state index in [1.54, 1.807) is 0 Å². The van der Waals surface area contributed by atoms with Gasteiger partial charge in [0.25, 0.3) is 0 Å². The molecule has 8 aromatic carbocycles. The van der Waals surface area contributed by atoms with Gasteiger partial charge in [0, 0.05) is 33.5 Å². The average molecular weight is 681 g/mol. The van der Waals surface area contributed by atoms with E-state index in [4.69, 9.17) is 13.8 Å². The number of benzene rings is 8. The lowest BCUT2D eigenvalue weighted by molar-refractivity contribution is 0.622. The molecule has 0 radical (unpaired) electrons. The van der Waals surface area contributed by atoms with Gasteiger partial charge in [0.2, 0.25) is 5.89 Å². The van der Waals surface area contributed by atoms with Crippen molar-refractivity contribution in [1.82, 2.24) is 4.98 Å². The summed E-state index contributed by atoms with van der Waals surface area (Å²) in [5.74, 6) is 0.589. The van der Waals surface area contributed by atoms with Gasteiger partial charge < -0.3 is 13.7 Å². The van der Waals surface area contributed by atoms with E-state index >= 15 is 0 Å². The lowest BCUT2D eigenvalue weighted by Crippen LogP contribution is -2.11. The molecule has 0 unspecified atom stereocenters. The lowest BCUT2D eigenvalue weighted by atomic mass is 9.99. The smallest absolute Gasteiger partial charge is 0.227 e. The quantitative estimate of drug-likeness (QED) is 0.168. The van der Waals surface area contributed by atoms with Crippen LogP contribution in [-0.2, 0) is 0 Å². The zero-order chi connectivity index (χ0) is 35.1. The molecule has 4 heteroatoms. The van der Waals surface area contributed by atoms with Crippen LogP contribution in [0.4, 0.5) is 17.1 Å². The highest BCUT2D eigenvalue weighted by molar-refractivity contribution is 6.20. The molecule has 0 saturated carbocycles. The van der Waals surface area contributed by atoms with E-state index < -0.39 is 0 Å². The normalized spacial score (nSPS) is 11.4. The first kappa shape index (κ1) is 30.6. The molecule has 2 heterocycles. The minimum Gasteiger partial charge on any atom is -0.455 e. The van der Waals surface area contributed by atoms with Gasteiger partial charge >= 0.3 is 0 Å². The lowest BCUT2D eigenvalue weighted by Gasteiger charge is -2.28. The van der Waals surface area contributed by atoms with Gasteiger partial charge in [0.15, 0.2) is 5.58 Å². The number of fused-ring (bicyclic) bond motifs is 5. The molecule has 250 valence electrons. The first-order chi connectivity index (χ1) is 26.3. The fourth-order valence-corrected chi connectivity index (χ4v) is 7.37. The minimum atomic E-state index is 0.589. The van der Waals surface area contributed by atoms with Crippen molar-refractivity contribution in [2.24, 2.45) is 0 Å². The number of anilines is 3. The first-order valence-corrected chi connectivity index (χ1v) is 17.8. The third kappa shape index (κ3) is 5.45. The summed E-state index contributed by atoms with van der Waals surface area (Å²) in [6.07, 6.45) is 0. The van der Waals surface area contributed by atoms with E-state index in [0.717, 1.165) is 77.9 Å². The Labute approximate surface area is 306 Å². The summed E-state index contributed by atoms with van der Waals surface area (Å²) in [5.41, 5.74) is 13.9. The van der Waals surface area contributed by atoms with Gasteiger partial charge in [0.05, 0.1) is 11.1 Å². The van der Waals surface area contributed by atoms with Gasteiger partial charge in [-0.15, -0.1) is 0 Å². The zero-order valence-electron chi connectivity index (χ0n) is 28.7. The van der Waals surface area contributed by atoms with Crippen molar-refractivity contribution in [3.63, 3.8) is 0 Å². The van der Waals surface area contributed by atoms with Crippen LogP contribution in [0, 0.1) is 0 Å². The van der Waals surface area contributed by atoms with E-state index in [-0.39, 0.29) is 0 Å². The van der Waals surface area contributed by atoms with E-state index in [1.807, 2.05) is 48.5 Å². The zero-order valence-corrected chi connectivity index (χ0v) is 28.7. The highest BCUT2D eigenvalue weighted by Crippen LogP contribution is 2.45. The van der Waals surface area contributed by atoms with E-state index in [0.29, 0.717) is 5.89 Å². The summed E-state index contributed by atoms with van der Waals surface area (Å²) in [4.78, 5) is 7.32. The van der Waals surface area contributed by atoms with E-state index in [9.17, 15) is 0 Å². The van der Waals surface area contributed by atoms with Crippen molar-refractivity contribution in [2.45, 2.75) is 0 Å². The number of para-hydroxylation sites is 2. The standard InChI is InChI=1S/C49H32N2O2/c1-4-14-33(15-5-1)34-24-28-38(29-25-34)51(44-22-12-10-20-40(44)35-16-6-2-7-17-35)39-30-26-36(27-31-39)42-32-43-48(53-49(50-43)37-18-8-3-9-19-37)46-41-21-11-13-23-45(41)52-47(42)46/h1-32H. The molecule has 0 N–H and O–H groups in total. The molecular formula is C49H32N2O2. The summed E-state index contributed by atoms with van der Waals surface area (Å²) in [7, 11) is 0. The van der Waals surface area contributed by atoms with Crippen LogP contribution in [0.15, 0.2) is 203 Å². The van der Waals surface area contributed by atoms with Crippen molar-refractivity contribution < 1.29 is 8.83 Å². The molecule has 2 aromatic heterocycles. The number of hydrogen-bond acceptors (Lipinski definition) is 4. The molecule has 0 amide bonds. The molecule has 4 nitrogen and oxygen atoms in total. The Bertz CT molecular complexity index is 2860. The molecule has 0 bridgehead atoms. The first-order valence-electron chi connectivity index (χ1n) is 17.8. The van der Waals surface area contributed by atoms with Crippen LogP contribution in [0.5, 0.6) is 0 Å². The average Bonchev–Trinajstić information content (AvgIpc) is 3.85. The van der Waals surface area contributed by atoms with Gasteiger partial charge in [0.1, 0.15) is 16.7 Å². The van der Waals surface area contributed by atoms with Crippen molar-refractivity contribution in [2.75, 3.05) is 4.90 Å². The molecule has 10 rings (SSSR count). The van der Waals surface area contributed by atoms with Crippen molar-refractivity contribution in [3.8, 4) is 44.8 Å². The molecule has 0 atom stereocenters. The number of oxazole rings is 1. The molecule has 0 aliphatic rings. The van der Waals surface area contributed by atoms with Crippen LogP contribution in [-0.4, -0.2) is 4.98 Å². The fraction of sp³-hybridized carbons (Fsp3) is 0. The largest absolute Gasteiger partial charge is 0.455 e. The second-order valence-electron chi connectivity index (χ2n) is 13.1. The van der Waals surface area contributed by atoms with Crippen LogP contribution in [0.3, 0.4) is 0 Å². The number of hydrogen-bond donors (Lipinski definition) is 0. The Kier molecular flexibility index (Phi) is 7.43. The summed E-state index contributed by atoms with van der Waals surface area (Å²) < 4.78 is 13.1. The van der Waals surface area contributed by atoms with Crippen molar-refractivity contribution in [1.29, 1.82) is 0 Å². The number of rotatable bonds is 7. The maximum absolute atomic E-state index is 6.59. The second kappa shape index (κ2) is 12.9. The van der Waals surface area contributed by atoms with Gasteiger partial charge in [-0.1, -0.05) is 140 Å². The molecule has 10 aromatic rings. The second-order valence-corrected chi connectivity index (χ2v) is 13.1. The van der Waals surface area contributed by atoms with Crippen molar-refractivity contribution >= 4 is 50.1 Å². The Morgan fingerprint density at radius 3 is 1.62 bits per heavy atom. The van der Waals surface area contributed by atoms with E-state index in [1.165, 1.54) is 11.1 Å². The molecule has 53 heavy (non-hydrogen) atoms. The predicted molar refractivity (Wildman–Crippen MR) is 218 cm³/mol. The SMILES string of the molecule is c1ccc(-c2ccc(N(c3ccc(-c4cc5nc(-c6ccccc6)oc5c5c4oc4ccccc45)cc3)c3ccccc3-c3ccccc3)cc2)cc1. The van der Waals surface area contributed by atoms with Crippen molar-refractivity contribution in [3.05, 3.63) is 194 Å². The van der Waals surface area contributed by atoms with Gasteiger partial charge in [-0.2, -0.15) is 0 Å². The predicted octanol–water partition coefficient (Wildman–Crippen LogP) is 13.9. The molecule has 0 spiro atoms. The third-order valence-electron chi connectivity index (χ3n) is 9.92. The molecule has 0 saturated heterocycles. The Balaban J connectivity index is 1.12. The maximum Gasteiger partial charge on any atom is 0.227 e. The van der Waals surface area contributed by atoms with Crippen LogP contribution in [0.1, 0.15) is 0 Å². The number of nitrogens with zero attached hydrogens (tertiary/aromatic N) is 2. The van der Waals surface area contributed by atoms with Gasteiger partial charge in [-0.05, 0) is 76.9 Å². The maximum atomic E-state index is 6.59. The van der Waals surface area contributed by atoms with Gasteiger partial charge in [-0.25, -0.2) is 4.98 Å². The van der Waals surface area contributed by atoms with Crippen LogP contribution in [0.2, 0.25) is 0 Å². The highest BCUT2D eigenvalue weighted by atomic mass is 16.4. The van der Waals surface area contributed by atoms with Crippen LogP contribution >= 0.6 is 0 Å². The Morgan fingerprint density at radius 2 is 0.925 bits per heavy atom. The van der Waals surface area contributed by atoms with Gasteiger partial charge in [-0.3, -0.25) is 0 Å². The fourth-order valence-electron chi connectivity index (χ4n) is 7.37. The topological polar surface area (TPSA) is 42.4 Å². The molecule has 0 aliphatic heterocycles. The molecule has 0 aliphatic carbocycles. The summed E-state index contributed by atoms with van der Waals surface area (Å²) in [6.45, 7) is 0. The van der Waals surface area contributed by atoms with Crippen LogP contribution < -0.4 is 4.90 Å².